The summed E-state index contributed by atoms with van der Waals surface area (Å²) < 4.78 is 0. The summed E-state index contributed by atoms with van der Waals surface area (Å²) in [4.78, 5) is 5.01. The molecular weight excluding hydrogens is 246 g/mol. The summed E-state index contributed by atoms with van der Waals surface area (Å²) in [5.41, 5.74) is 4.42. The summed E-state index contributed by atoms with van der Waals surface area (Å²) in [7, 11) is 4.53. The van der Waals surface area contributed by atoms with E-state index in [4.69, 9.17) is 0 Å². The van der Waals surface area contributed by atoms with Crippen molar-refractivity contribution in [2.45, 2.75) is 38.3 Å². The van der Waals surface area contributed by atoms with Crippen LogP contribution in [-0.2, 0) is 13.0 Å². The van der Waals surface area contributed by atoms with Gasteiger partial charge in [0, 0.05) is 31.4 Å². The van der Waals surface area contributed by atoms with Crippen molar-refractivity contribution in [3.05, 3.63) is 29.3 Å². The molecule has 0 amide bonds. The second-order valence-electron chi connectivity index (χ2n) is 6.45. The van der Waals surface area contributed by atoms with Gasteiger partial charge in [-0.1, -0.05) is 12.1 Å². The number of fused-ring (bicyclic) bond motifs is 1. The van der Waals surface area contributed by atoms with Crippen LogP contribution in [0.15, 0.2) is 18.2 Å². The van der Waals surface area contributed by atoms with Crippen molar-refractivity contribution in [3.8, 4) is 0 Å². The molecule has 2 aliphatic rings. The van der Waals surface area contributed by atoms with Crippen molar-refractivity contribution in [2.24, 2.45) is 0 Å². The normalized spacial score (nSPS) is 22.9. The molecule has 0 bridgehead atoms. The minimum Gasteiger partial charge on any atom is -0.385 e. The van der Waals surface area contributed by atoms with Gasteiger partial charge in [-0.25, -0.2) is 0 Å². The fourth-order valence-corrected chi connectivity index (χ4v) is 3.66. The first-order valence-electron chi connectivity index (χ1n) is 7.97. The van der Waals surface area contributed by atoms with Gasteiger partial charge in [0.25, 0.3) is 0 Å². The minimum atomic E-state index is 0.748. The van der Waals surface area contributed by atoms with Crippen molar-refractivity contribution in [2.75, 3.05) is 39.0 Å². The van der Waals surface area contributed by atoms with Gasteiger partial charge in [0.1, 0.15) is 0 Å². The molecule has 0 saturated carbocycles. The van der Waals surface area contributed by atoms with Crippen molar-refractivity contribution < 1.29 is 0 Å². The lowest BCUT2D eigenvalue weighted by molar-refractivity contribution is 0.215. The van der Waals surface area contributed by atoms with Crippen LogP contribution < -0.4 is 5.32 Å². The second-order valence-corrected chi connectivity index (χ2v) is 6.45. The van der Waals surface area contributed by atoms with Gasteiger partial charge in [-0.15, -0.1) is 0 Å². The number of benzene rings is 1. The van der Waals surface area contributed by atoms with Crippen LogP contribution in [0.1, 0.15) is 30.4 Å². The smallest absolute Gasteiger partial charge is 0.0375 e. The van der Waals surface area contributed by atoms with Crippen molar-refractivity contribution in [1.29, 1.82) is 0 Å². The highest BCUT2D eigenvalue weighted by Gasteiger charge is 2.22. The lowest BCUT2D eigenvalue weighted by atomic mass is 9.97. The molecule has 1 saturated heterocycles. The van der Waals surface area contributed by atoms with E-state index in [1.165, 1.54) is 50.0 Å². The average Bonchev–Trinajstić information content (AvgIpc) is 2.85. The number of likely N-dealkylation sites (tertiary alicyclic amines) is 1. The Bertz CT molecular complexity index is 458. The Morgan fingerprint density at radius 3 is 3.05 bits per heavy atom. The van der Waals surface area contributed by atoms with Gasteiger partial charge in [0.15, 0.2) is 0 Å². The SMILES string of the molecule is CN(Cc1cccc2c1CCCN2)CC1CCCN1C. The Labute approximate surface area is 123 Å². The maximum Gasteiger partial charge on any atom is 0.0375 e. The Hall–Kier alpha value is -1.06. The van der Waals surface area contributed by atoms with E-state index in [0.29, 0.717) is 0 Å². The number of rotatable bonds is 4. The number of nitrogens with one attached hydrogen (secondary N) is 1. The molecule has 3 rings (SSSR count). The minimum absolute atomic E-state index is 0.748. The zero-order chi connectivity index (χ0) is 13.9. The maximum absolute atomic E-state index is 3.53. The predicted octanol–water partition coefficient (Wildman–Crippen LogP) is 2.57. The third-order valence-electron chi connectivity index (χ3n) is 4.83. The van der Waals surface area contributed by atoms with Crippen molar-refractivity contribution >= 4 is 5.69 Å². The van der Waals surface area contributed by atoms with Crippen LogP contribution in [0.2, 0.25) is 0 Å². The highest BCUT2D eigenvalue weighted by molar-refractivity contribution is 5.56. The molecule has 3 nitrogen and oxygen atoms in total. The summed E-state index contributed by atoms with van der Waals surface area (Å²) in [6.45, 7) is 4.66. The molecule has 20 heavy (non-hydrogen) atoms. The largest absolute Gasteiger partial charge is 0.385 e. The summed E-state index contributed by atoms with van der Waals surface area (Å²) in [6, 6.07) is 7.48. The molecule has 1 fully saturated rings. The van der Waals surface area contributed by atoms with Crippen LogP contribution in [0, 0.1) is 0 Å². The molecule has 1 N–H and O–H groups in total. The van der Waals surface area contributed by atoms with Gasteiger partial charge in [-0.3, -0.25) is 0 Å². The summed E-state index contributed by atoms with van der Waals surface area (Å²) >= 11 is 0. The second kappa shape index (κ2) is 6.15. The number of nitrogens with zero attached hydrogens (tertiary/aromatic N) is 2. The summed E-state index contributed by atoms with van der Waals surface area (Å²) in [5.74, 6) is 0. The quantitative estimate of drug-likeness (QED) is 0.909. The summed E-state index contributed by atoms with van der Waals surface area (Å²) in [6.07, 6.45) is 5.21. The zero-order valence-corrected chi connectivity index (χ0v) is 12.9. The Balaban J connectivity index is 1.65. The number of likely N-dealkylation sites (N-methyl/N-ethyl adjacent to an activating group) is 2. The van der Waals surface area contributed by atoms with E-state index in [-0.39, 0.29) is 0 Å². The van der Waals surface area contributed by atoms with Crippen molar-refractivity contribution in [3.63, 3.8) is 0 Å². The fourth-order valence-electron chi connectivity index (χ4n) is 3.66. The number of hydrogen-bond acceptors (Lipinski definition) is 3. The standard InChI is InChI=1S/C17H27N3/c1-19(13-15-7-5-11-20(15)2)12-14-6-3-9-17-16(14)8-4-10-18-17/h3,6,9,15,18H,4-5,7-8,10-13H2,1-2H3. The Kier molecular flexibility index (Phi) is 4.27. The Morgan fingerprint density at radius 1 is 1.35 bits per heavy atom. The molecule has 1 atom stereocenters. The van der Waals surface area contributed by atoms with E-state index >= 15 is 0 Å². The predicted molar refractivity (Wildman–Crippen MR) is 85.2 cm³/mol. The molecule has 1 unspecified atom stereocenters. The van der Waals surface area contributed by atoms with Crippen LogP contribution in [0.25, 0.3) is 0 Å². The third kappa shape index (κ3) is 2.99. The summed E-state index contributed by atoms with van der Waals surface area (Å²) in [5, 5.41) is 3.53. The lowest BCUT2D eigenvalue weighted by Crippen LogP contribution is -2.36. The monoisotopic (exact) mass is 273 g/mol. The van der Waals surface area contributed by atoms with Crippen LogP contribution >= 0.6 is 0 Å². The first kappa shape index (κ1) is 13.9. The molecule has 1 aromatic carbocycles. The van der Waals surface area contributed by atoms with E-state index in [9.17, 15) is 0 Å². The van der Waals surface area contributed by atoms with E-state index in [0.717, 1.165) is 19.1 Å². The topological polar surface area (TPSA) is 18.5 Å². The van der Waals surface area contributed by atoms with Gasteiger partial charge in [0.2, 0.25) is 0 Å². The van der Waals surface area contributed by atoms with Crippen LogP contribution in [0.3, 0.4) is 0 Å². The molecule has 1 aromatic rings. The molecule has 3 heteroatoms. The van der Waals surface area contributed by atoms with Crippen LogP contribution in [0.4, 0.5) is 5.69 Å². The fraction of sp³-hybridized carbons (Fsp3) is 0.647. The molecule has 2 heterocycles. The third-order valence-corrected chi connectivity index (χ3v) is 4.83. The van der Waals surface area contributed by atoms with Gasteiger partial charge in [0.05, 0.1) is 0 Å². The zero-order valence-electron chi connectivity index (χ0n) is 12.9. The van der Waals surface area contributed by atoms with Gasteiger partial charge in [-0.05, 0) is 63.5 Å². The van der Waals surface area contributed by atoms with Gasteiger partial charge >= 0.3 is 0 Å². The molecule has 0 radical (unpaired) electrons. The highest BCUT2D eigenvalue weighted by atomic mass is 15.2. The highest BCUT2D eigenvalue weighted by Crippen LogP contribution is 2.26. The van der Waals surface area contributed by atoms with Crippen LogP contribution in [-0.4, -0.2) is 49.6 Å². The van der Waals surface area contributed by atoms with E-state index in [2.05, 4.69) is 47.4 Å². The van der Waals surface area contributed by atoms with Gasteiger partial charge in [-0.2, -0.15) is 0 Å². The molecule has 110 valence electrons. The number of hydrogen-bond donors (Lipinski definition) is 1. The first-order valence-corrected chi connectivity index (χ1v) is 7.97. The van der Waals surface area contributed by atoms with E-state index in [1.807, 2.05) is 0 Å². The molecule has 0 aromatic heterocycles. The molecule has 2 aliphatic heterocycles. The van der Waals surface area contributed by atoms with Gasteiger partial charge < -0.3 is 15.1 Å². The van der Waals surface area contributed by atoms with E-state index in [1.54, 1.807) is 5.56 Å². The first-order chi connectivity index (χ1) is 9.74. The molecular formula is C17H27N3. The molecule has 0 spiro atoms. The van der Waals surface area contributed by atoms with Crippen LogP contribution in [0.5, 0.6) is 0 Å². The van der Waals surface area contributed by atoms with E-state index < -0.39 is 0 Å². The molecule has 0 aliphatic carbocycles. The Morgan fingerprint density at radius 2 is 2.25 bits per heavy atom. The number of anilines is 1. The maximum atomic E-state index is 3.53. The lowest BCUT2D eigenvalue weighted by Gasteiger charge is -2.28. The van der Waals surface area contributed by atoms with Crippen molar-refractivity contribution in [1.82, 2.24) is 9.80 Å². The average molecular weight is 273 g/mol.